The molecule has 1 saturated heterocycles. The monoisotopic (exact) mass is 506 g/mol. The maximum atomic E-state index is 13.7. The van der Waals surface area contributed by atoms with Crippen LogP contribution in [0.15, 0.2) is 67.0 Å². The number of hydrogen-bond donors (Lipinski definition) is 0. The first-order chi connectivity index (χ1) is 16.0. The van der Waals surface area contributed by atoms with Crippen molar-refractivity contribution in [3.63, 3.8) is 0 Å². The van der Waals surface area contributed by atoms with E-state index in [1.54, 1.807) is 31.5 Å². The minimum absolute atomic E-state index is 0.262. The fraction of sp³-hybridized carbons (Fsp3) is 0.208. The molecule has 1 aliphatic carbocycles. The van der Waals surface area contributed by atoms with E-state index in [0.717, 1.165) is 4.90 Å². The molecule has 0 bridgehead atoms. The van der Waals surface area contributed by atoms with E-state index in [1.807, 2.05) is 0 Å². The molecule has 0 radical (unpaired) electrons. The third kappa shape index (κ3) is 3.12. The average molecular weight is 507 g/mol. The smallest absolute Gasteiger partial charge is 0.406 e. The fourth-order valence-corrected chi connectivity index (χ4v) is 5.87. The molecule has 0 spiro atoms. The number of imide groups is 1. The second-order valence-electron chi connectivity index (χ2n) is 8.36. The van der Waals surface area contributed by atoms with Crippen LogP contribution in [0.3, 0.4) is 0 Å². The van der Waals surface area contributed by atoms with E-state index in [9.17, 15) is 22.8 Å². The number of anilines is 1. The Hall–Kier alpha value is -3.10. The van der Waals surface area contributed by atoms with Crippen molar-refractivity contribution < 1.29 is 27.5 Å². The molecule has 0 N–H and O–H groups in total. The molecule has 5 rings (SSSR count). The van der Waals surface area contributed by atoms with Gasteiger partial charge in [0.2, 0.25) is 11.8 Å². The van der Waals surface area contributed by atoms with Gasteiger partial charge in [0.25, 0.3) is 0 Å². The Labute approximate surface area is 202 Å². The van der Waals surface area contributed by atoms with Crippen molar-refractivity contribution in [3.8, 4) is 5.75 Å². The molecular formula is C24H15Cl2F3N2O3. The van der Waals surface area contributed by atoms with Gasteiger partial charge in [-0.05, 0) is 60.5 Å². The highest BCUT2D eigenvalue weighted by molar-refractivity contribution is 6.36. The molecule has 1 saturated carbocycles. The van der Waals surface area contributed by atoms with Gasteiger partial charge in [0.1, 0.15) is 5.75 Å². The number of nitrogens with zero attached hydrogens (tertiary/aromatic N) is 2. The number of aromatic nitrogens is 1. The van der Waals surface area contributed by atoms with Crippen molar-refractivity contribution >= 4 is 40.7 Å². The number of rotatable bonds is 4. The summed E-state index contributed by atoms with van der Waals surface area (Å²) in [6.45, 7) is 1.69. The van der Waals surface area contributed by atoms with Crippen molar-refractivity contribution in [1.29, 1.82) is 0 Å². The van der Waals surface area contributed by atoms with Crippen LogP contribution in [0.5, 0.6) is 5.75 Å². The molecule has 10 heteroatoms. The summed E-state index contributed by atoms with van der Waals surface area (Å²) in [4.78, 5) is 32.5. The number of carbonyl (C=O) groups is 2. The van der Waals surface area contributed by atoms with Crippen molar-refractivity contribution in [2.45, 2.75) is 18.7 Å². The second kappa shape index (κ2) is 7.45. The Morgan fingerprint density at radius 3 is 2.00 bits per heavy atom. The predicted molar refractivity (Wildman–Crippen MR) is 119 cm³/mol. The minimum Gasteiger partial charge on any atom is -0.406 e. The van der Waals surface area contributed by atoms with Crippen LogP contribution < -0.4 is 9.64 Å². The van der Waals surface area contributed by atoms with Crippen LogP contribution in [0, 0.1) is 11.3 Å². The van der Waals surface area contributed by atoms with Gasteiger partial charge in [-0.3, -0.25) is 14.6 Å². The van der Waals surface area contributed by atoms with Crippen molar-refractivity contribution in [2.24, 2.45) is 11.3 Å². The van der Waals surface area contributed by atoms with Gasteiger partial charge in [-0.15, -0.1) is 13.2 Å². The van der Waals surface area contributed by atoms with E-state index in [4.69, 9.17) is 23.2 Å². The lowest BCUT2D eigenvalue weighted by Gasteiger charge is -2.29. The first kappa shape index (κ1) is 22.7. The predicted octanol–water partition coefficient (Wildman–Crippen LogP) is 5.78. The van der Waals surface area contributed by atoms with Crippen molar-refractivity contribution in [1.82, 2.24) is 4.98 Å². The Balaban J connectivity index is 1.61. The summed E-state index contributed by atoms with van der Waals surface area (Å²) in [5.41, 5.74) is -0.832. The van der Waals surface area contributed by atoms with Crippen LogP contribution in [0.1, 0.15) is 18.1 Å². The first-order valence-corrected chi connectivity index (χ1v) is 10.9. The summed E-state index contributed by atoms with van der Waals surface area (Å²) in [7, 11) is 0. The molecule has 3 unspecified atom stereocenters. The fourth-order valence-electron chi connectivity index (χ4n) is 5.35. The van der Waals surface area contributed by atoms with E-state index in [2.05, 4.69) is 9.72 Å². The zero-order chi connectivity index (χ0) is 24.5. The van der Waals surface area contributed by atoms with Crippen LogP contribution in [0.4, 0.5) is 18.9 Å². The van der Waals surface area contributed by atoms with Gasteiger partial charge in [0.15, 0.2) is 0 Å². The number of amides is 2. The van der Waals surface area contributed by atoms with E-state index < -0.39 is 40.7 Å². The highest BCUT2D eigenvalue weighted by Gasteiger charge is 2.86. The van der Waals surface area contributed by atoms with E-state index in [0.29, 0.717) is 11.1 Å². The molecule has 174 valence electrons. The van der Waals surface area contributed by atoms with Crippen LogP contribution in [-0.4, -0.2) is 23.2 Å². The van der Waals surface area contributed by atoms with Gasteiger partial charge in [0.05, 0.1) is 17.0 Å². The minimum atomic E-state index is -4.84. The summed E-state index contributed by atoms with van der Waals surface area (Å²) in [5.74, 6) is -2.08. The third-order valence-corrected chi connectivity index (χ3v) is 7.08. The van der Waals surface area contributed by atoms with Gasteiger partial charge in [-0.2, -0.15) is 0 Å². The van der Waals surface area contributed by atoms with Gasteiger partial charge in [-0.25, -0.2) is 4.90 Å². The Morgan fingerprint density at radius 2 is 1.50 bits per heavy atom. The van der Waals surface area contributed by atoms with Gasteiger partial charge in [0, 0.05) is 27.9 Å². The normalized spacial score (nSPS) is 25.9. The molecule has 2 amide bonds. The SMILES string of the molecule is CC12C(=O)N(c3cc(Cl)cc(Cl)c3)C(=O)C1C2(c1ccncc1)c1ccc(OC(F)(F)F)cc1. The molecular weight excluding hydrogens is 492 g/mol. The van der Waals surface area contributed by atoms with E-state index in [1.165, 1.54) is 42.5 Å². The Bertz CT molecular complexity index is 1300. The number of piperidine rings is 1. The number of benzene rings is 2. The number of carbonyl (C=O) groups excluding carboxylic acids is 2. The van der Waals surface area contributed by atoms with Gasteiger partial charge in [-0.1, -0.05) is 35.3 Å². The highest BCUT2D eigenvalue weighted by Crippen LogP contribution is 2.76. The summed E-state index contributed by atoms with van der Waals surface area (Å²) in [6, 6.07) is 13.1. The summed E-state index contributed by atoms with van der Waals surface area (Å²) < 4.78 is 41.8. The number of hydrogen-bond acceptors (Lipinski definition) is 4. The quantitative estimate of drug-likeness (QED) is 0.420. The van der Waals surface area contributed by atoms with Crippen molar-refractivity contribution in [3.05, 3.63) is 88.2 Å². The molecule has 2 aromatic carbocycles. The van der Waals surface area contributed by atoms with Crippen LogP contribution >= 0.6 is 23.2 Å². The Kier molecular flexibility index (Phi) is 4.97. The molecule has 3 aromatic rings. The average Bonchev–Trinajstić information content (AvgIpc) is 3.28. The lowest BCUT2D eigenvalue weighted by molar-refractivity contribution is -0.274. The molecule has 2 heterocycles. The topological polar surface area (TPSA) is 59.5 Å². The number of halogens is 5. The molecule has 5 nitrogen and oxygen atoms in total. The third-order valence-electron chi connectivity index (χ3n) is 6.65. The van der Waals surface area contributed by atoms with E-state index in [-0.39, 0.29) is 15.7 Å². The lowest BCUT2D eigenvalue weighted by Crippen LogP contribution is -2.42. The summed E-state index contributed by atoms with van der Waals surface area (Å²) >= 11 is 12.2. The standard InChI is InChI=1S/C24H15Cl2F3N2O3/c1-22-19(20(32)31(21(22)33)17-11-15(25)10-16(26)12-17)23(22,14-6-8-30-9-7-14)13-2-4-18(5-3-13)34-24(27,28)29/h2-12,19H,1H3. The molecule has 3 atom stereocenters. The number of alkyl halides is 3. The van der Waals surface area contributed by atoms with Crippen LogP contribution in [0.2, 0.25) is 10.0 Å². The summed E-state index contributed by atoms with van der Waals surface area (Å²) in [5, 5.41) is 0.545. The number of ether oxygens (including phenoxy) is 1. The van der Waals surface area contributed by atoms with Gasteiger partial charge >= 0.3 is 6.36 Å². The number of fused-ring (bicyclic) bond motifs is 1. The van der Waals surface area contributed by atoms with Crippen molar-refractivity contribution in [2.75, 3.05) is 4.90 Å². The Morgan fingerprint density at radius 1 is 0.941 bits per heavy atom. The van der Waals surface area contributed by atoms with Gasteiger partial charge < -0.3 is 4.74 Å². The summed E-state index contributed by atoms with van der Waals surface area (Å²) in [6.07, 6.45) is -1.75. The maximum Gasteiger partial charge on any atom is 0.573 e. The van der Waals surface area contributed by atoms with Crippen LogP contribution in [0.25, 0.3) is 0 Å². The second-order valence-corrected chi connectivity index (χ2v) is 9.23. The maximum absolute atomic E-state index is 13.7. The zero-order valence-electron chi connectivity index (χ0n) is 17.4. The zero-order valence-corrected chi connectivity index (χ0v) is 18.9. The van der Waals surface area contributed by atoms with Crippen LogP contribution in [-0.2, 0) is 15.0 Å². The molecule has 1 aliphatic heterocycles. The molecule has 34 heavy (non-hydrogen) atoms. The van der Waals surface area contributed by atoms with E-state index >= 15 is 0 Å². The molecule has 1 aromatic heterocycles. The molecule has 2 aliphatic rings. The molecule has 2 fully saturated rings. The number of pyridine rings is 1. The lowest BCUT2D eigenvalue weighted by atomic mass is 9.79. The largest absolute Gasteiger partial charge is 0.573 e. The highest BCUT2D eigenvalue weighted by atomic mass is 35.5. The first-order valence-electron chi connectivity index (χ1n) is 10.1.